The molecule has 1 unspecified atom stereocenters. The Balaban J connectivity index is 2.40. The normalized spacial score (nSPS) is 13.7. The van der Waals surface area contributed by atoms with E-state index in [1.165, 1.54) is 0 Å². The van der Waals surface area contributed by atoms with E-state index in [9.17, 15) is 19.5 Å². The van der Waals surface area contributed by atoms with Crippen molar-refractivity contribution in [3.8, 4) is 5.75 Å². The van der Waals surface area contributed by atoms with Crippen molar-refractivity contribution in [2.75, 3.05) is 13.2 Å². The van der Waals surface area contributed by atoms with Crippen molar-refractivity contribution in [2.45, 2.75) is 152 Å². The van der Waals surface area contributed by atoms with Crippen LogP contribution in [-0.4, -0.2) is 36.0 Å². The van der Waals surface area contributed by atoms with Crippen LogP contribution in [0.3, 0.4) is 0 Å². The number of ketones is 1. The van der Waals surface area contributed by atoms with Crippen LogP contribution in [0.5, 0.6) is 5.75 Å². The zero-order valence-electron chi connectivity index (χ0n) is 32.1. The number of benzene rings is 1. The Morgan fingerprint density at radius 2 is 1.19 bits per heavy atom. The minimum atomic E-state index is -0.320. The second-order valence-corrected chi connectivity index (χ2v) is 17.3. The maximum absolute atomic E-state index is 13.2. The number of Topliss-reactive ketones (excluding diaryl/α,β-unsaturated/α-hetero) is 1. The van der Waals surface area contributed by atoms with Crippen molar-refractivity contribution in [3.63, 3.8) is 0 Å². The Hall–Kier alpha value is -2.89. The summed E-state index contributed by atoms with van der Waals surface area (Å²) in [5.41, 5.74) is 3.43. The number of esters is 2. The number of unbranched alkanes of at least 4 members (excludes halogenated alkanes) is 3. The van der Waals surface area contributed by atoms with Crippen LogP contribution in [-0.2, 0) is 41.1 Å². The van der Waals surface area contributed by atoms with Crippen LogP contribution in [0.25, 0.3) is 0 Å². The van der Waals surface area contributed by atoms with Crippen LogP contribution in [0, 0.1) is 16.7 Å². The highest BCUT2D eigenvalue weighted by atomic mass is 16.5. The van der Waals surface area contributed by atoms with E-state index in [1.807, 2.05) is 45.9 Å². The molecule has 0 radical (unpaired) electrons. The zero-order chi connectivity index (χ0) is 36.4. The summed E-state index contributed by atoms with van der Waals surface area (Å²) < 4.78 is 10.9. The van der Waals surface area contributed by atoms with Crippen LogP contribution >= 0.6 is 0 Å². The number of hydrogen-bond donors (Lipinski definition) is 1. The third-order valence-electron chi connectivity index (χ3n) is 8.73. The minimum Gasteiger partial charge on any atom is -0.507 e. The number of rotatable bonds is 16. The van der Waals surface area contributed by atoms with Gasteiger partial charge in [0.1, 0.15) is 5.75 Å². The summed E-state index contributed by atoms with van der Waals surface area (Å²) in [6.07, 6.45) is 6.66. The number of carbonyl (C=O) groups is 3. The largest absolute Gasteiger partial charge is 0.507 e. The van der Waals surface area contributed by atoms with E-state index < -0.39 is 0 Å². The average Bonchev–Trinajstić information content (AvgIpc) is 2.92. The van der Waals surface area contributed by atoms with E-state index in [2.05, 4.69) is 68.9 Å². The topological polar surface area (TPSA) is 89.9 Å². The third kappa shape index (κ3) is 14.8. The van der Waals surface area contributed by atoms with Gasteiger partial charge in [-0.25, -0.2) is 0 Å². The lowest BCUT2D eigenvalue weighted by Gasteiger charge is -2.31. The fourth-order valence-electron chi connectivity index (χ4n) is 5.13. The smallest absolute Gasteiger partial charge is 0.306 e. The zero-order valence-corrected chi connectivity index (χ0v) is 32.1. The number of phenols is 1. The third-order valence-corrected chi connectivity index (χ3v) is 8.73. The lowest BCUT2D eigenvalue weighted by Crippen LogP contribution is -2.31. The molecule has 0 spiro atoms. The van der Waals surface area contributed by atoms with E-state index in [1.54, 1.807) is 0 Å². The minimum absolute atomic E-state index is 0.126. The molecule has 0 aliphatic heterocycles. The first-order valence-electron chi connectivity index (χ1n) is 17.5. The summed E-state index contributed by atoms with van der Waals surface area (Å²) in [5.74, 6) is -0.144. The molecule has 6 nitrogen and oxygen atoms in total. The van der Waals surface area contributed by atoms with Crippen molar-refractivity contribution < 1.29 is 29.0 Å². The van der Waals surface area contributed by atoms with Crippen molar-refractivity contribution >= 4 is 17.7 Å². The molecule has 1 aromatic rings. The maximum Gasteiger partial charge on any atom is 0.306 e. The molecule has 0 heterocycles. The van der Waals surface area contributed by atoms with Gasteiger partial charge < -0.3 is 14.6 Å². The molecule has 1 rings (SSSR count). The number of aromatic hydroxyl groups is 1. The molecule has 1 aromatic carbocycles. The van der Waals surface area contributed by atoms with E-state index in [-0.39, 0.29) is 51.7 Å². The Morgan fingerprint density at radius 1 is 0.745 bits per heavy atom. The number of phenolic OH excluding ortho intramolecular Hbond substituents is 1. The van der Waals surface area contributed by atoms with E-state index in [4.69, 9.17) is 9.47 Å². The van der Waals surface area contributed by atoms with Crippen molar-refractivity contribution in [3.05, 3.63) is 52.6 Å². The van der Waals surface area contributed by atoms with Gasteiger partial charge in [-0.1, -0.05) is 120 Å². The summed E-state index contributed by atoms with van der Waals surface area (Å²) in [6.45, 7) is 31.6. The molecular weight excluding hydrogens is 588 g/mol. The molecular formula is C41H66O6. The van der Waals surface area contributed by atoms with Gasteiger partial charge in [0.2, 0.25) is 0 Å². The van der Waals surface area contributed by atoms with Crippen LogP contribution < -0.4 is 0 Å². The van der Waals surface area contributed by atoms with Gasteiger partial charge in [0.05, 0.1) is 13.2 Å². The predicted octanol–water partition coefficient (Wildman–Crippen LogP) is 10.1. The maximum atomic E-state index is 13.2. The summed E-state index contributed by atoms with van der Waals surface area (Å²) in [7, 11) is 0. The predicted molar refractivity (Wildman–Crippen MR) is 194 cm³/mol. The first kappa shape index (κ1) is 42.1. The molecule has 6 heteroatoms. The Kier molecular flexibility index (Phi) is 15.7. The summed E-state index contributed by atoms with van der Waals surface area (Å²) in [5, 5.41) is 10.9. The van der Waals surface area contributed by atoms with Crippen molar-refractivity contribution in [1.29, 1.82) is 0 Å². The molecule has 0 bridgehead atoms. The number of carbonyl (C=O) groups excluding carboxylic acids is 3. The first-order chi connectivity index (χ1) is 21.4. The van der Waals surface area contributed by atoms with Gasteiger partial charge in [-0.3, -0.25) is 14.4 Å². The monoisotopic (exact) mass is 654 g/mol. The standard InChI is InChI=1S/C41H66O6/c1-28(25-31(39(6,7)8)36(44)29(2)38(3,4)5)19-21-34(42)46-23-17-15-16-18-24-47-35(43)22-20-30-26-32(40(9,10)11)37(45)33(27-30)41(12,13)14/h25-27,29,45H,1,15-24H2,2-14H3/b31-25+. The second kappa shape index (κ2) is 17.5. The lowest BCUT2D eigenvalue weighted by molar-refractivity contribution is -0.144. The second-order valence-electron chi connectivity index (χ2n) is 17.3. The van der Waals surface area contributed by atoms with Gasteiger partial charge >= 0.3 is 11.9 Å². The van der Waals surface area contributed by atoms with E-state index in [0.717, 1.165) is 53.5 Å². The molecule has 1 N–H and O–H groups in total. The number of aryl methyl sites for hydroxylation is 1. The number of hydrogen-bond acceptors (Lipinski definition) is 6. The molecule has 0 saturated heterocycles. The molecule has 1 atom stereocenters. The fraction of sp³-hybridized carbons (Fsp3) is 0.683. The molecule has 0 aliphatic rings. The van der Waals surface area contributed by atoms with E-state index >= 15 is 0 Å². The van der Waals surface area contributed by atoms with Crippen LogP contribution in [0.15, 0.2) is 35.9 Å². The van der Waals surface area contributed by atoms with Gasteiger partial charge in [0.15, 0.2) is 5.78 Å². The quantitative estimate of drug-likeness (QED) is 0.0826. The number of ether oxygens (including phenoxy) is 2. The highest BCUT2D eigenvalue weighted by Crippen LogP contribution is 2.40. The highest BCUT2D eigenvalue weighted by molar-refractivity contribution is 5.98. The molecule has 266 valence electrons. The van der Waals surface area contributed by atoms with Crippen LogP contribution in [0.2, 0.25) is 0 Å². The molecule has 0 amide bonds. The Morgan fingerprint density at radius 3 is 1.60 bits per heavy atom. The van der Waals surface area contributed by atoms with Gasteiger partial charge in [-0.05, 0) is 76.9 Å². The van der Waals surface area contributed by atoms with Gasteiger partial charge in [-0.15, -0.1) is 0 Å². The van der Waals surface area contributed by atoms with Crippen molar-refractivity contribution in [1.82, 2.24) is 0 Å². The Labute approximate surface area is 286 Å². The lowest BCUT2D eigenvalue weighted by atomic mass is 9.72. The summed E-state index contributed by atoms with van der Waals surface area (Å²) in [4.78, 5) is 38.0. The Bertz CT molecular complexity index is 1220. The van der Waals surface area contributed by atoms with Crippen molar-refractivity contribution in [2.24, 2.45) is 16.7 Å². The molecule has 0 aliphatic carbocycles. The molecule has 0 fully saturated rings. The molecule has 0 saturated carbocycles. The van der Waals surface area contributed by atoms with Crippen LogP contribution in [0.1, 0.15) is 152 Å². The molecule has 47 heavy (non-hydrogen) atoms. The SMILES string of the molecule is C=C(/C=C(\C(=O)C(C)C(C)(C)C)C(C)(C)C)CCC(=O)OCCCCCCOC(=O)CCc1cc(C(C)(C)C)c(O)c(C(C)(C)C)c1. The highest BCUT2D eigenvalue weighted by Gasteiger charge is 2.33. The van der Waals surface area contributed by atoms with E-state index in [0.29, 0.717) is 38.2 Å². The van der Waals surface area contributed by atoms with Gasteiger partial charge in [0.25, 0.3) is 0 Å². The van der Waals surface area contributed by atoms with Gasteiger partial charge in [-0.2, -0.15) is 0 Å². The first-order valence-corrected chi connectivity index (χ1v) is 17.5. The molecule has 0 aromatic heterocycles. The average molecular weight is 655 g/mol. The summed E-state index contributed by atoms with van der Waals surface area (Å²) in [6, 6.07) is 4.02. The van der Waals surface area contributed by atoms with Crippen LogP contribution in [0.4, 0.5) is 0 Å². The fourth-order valence-corrected chi connectivity index (χ4v) is 5.13. The van der Waals surface area contributed by atoms with Gasteiger partial charge in [0, 0.05) is 24.3 Å². The number of allylic oxidation sites excluding steroid dienone is 3. The summed E-state index contributed by atoms with van der Waals surface area (Å²) >= 11 is 0.